The van der Waals surface area contributed by atoms with E-state index in [-0.39, 0.29) is 17.5 Å². The second-order valence-corrected chi connectivity index (χ2v) is 32.5. The Morgan fingerprint density at radius 3 is 1.11 bits per heavy atom. The molecule has 0 fully saturated rings. The van der Waals surface area contributed by atoms with Gasteiger partial charge < -0.3 is 14.4 Å². The molecule has 0 saturated heterocycles. The van der Waals surface area contributed by atoms with Crippen LogP contribution in [-0.4, -0.2) is 24.4 Å². The van der Waals surface area contributed by atoms with Crippen molar-refractivity contribution in [3.05, 3.63) is 368 Å². The largest absolute Gasteiger partial charge is 0.342 e. The van der Waals surface area contributed by atoms with Crippen LogP contribution in [-0.2, 0) is 30.2 Å². The van der Waals surface area contributed by atoms with Crippen molar-refractivity contribution < 1.29 is 0 Å². The summed E-state index contributed by atoms with van der Waals surface area (Å²) >= 11 is 0. The molecule has 3 heterocycles. The van der Waals surface area contributed by atoms with E-state index in [1.165, 1.54) is 199 Å². The molecule has 522 valence electrons. The van der Waals surface area contributed by atoms with Gasteiger partial charge in [0.2, 0.25) is 0 Å². The highest BCUT2D eigenvalue weighted by molar-refractivity contribution is 7.00. The number of aromatic nitrogens is 1. The number of nitrogens with zero attached hydrogens (tertiary/aromatic N) is 3. The first-order valence-electron chi connectivity index (χ1n) is 39.0. The maximum Gasteiger partial charge on any atom is 0.252 e. The van der Waals surface area contributed by atoms with Crippen molar-refractivity contribution in [3.63, 3.8) is 0 Å². The third-order valence-corrected chi connectivity index (χ3v) is 24.0. The van der Waals surface area contributed by atoms with E-state index in [2.05, 4.69) is 396 Å². The van der Waals surface area contributed by atoms with Gasteiger partial charge in [0, 0.05) is 64.2 Å². The van der Waals surface area contributed by atoms with Crippen LogP contribution < -0.4 is 26.2 Å². The molecule has 20 rings (SSSR count). The smallest absolute Gasteiger partial charge is 0.252 e. The first kappa shape index (κ1) is 66.0. The highest BCUT2D eigenvalue weighted by Gasteiger charge is 2.44. The second-order valence-electron chi connectivity index (χ2n) is 32.5. The predicted molar refractivity (Wildman–Crippen MR) is 468 cm³/mol. The maximum absolute atomic E-state index is 2.77. The number of hydrogen-bond acceptors (Lipinski definition) is 2. The summed E-state index contributed by atoms with van der Waals surface area (Å²) < 4.78 is 2.58. The van der Waals surface area contributed by atoms with Crippen molar-refractivity contribution in [2.45, 2.75) is 71.8 Å². The Morgan fingerprint density at radius 2 is 0.651 bits per heavy atom. The summed E-state index contributed by atoms with van der Waals surface area (Å²) in [5, 5.41) is 12.9. The van der Waals surface area contributed by atoms with Crippen molar-refractivity contribution in [3.8, 4) is 66.8 Å². The fraction of sp³-hybridized carbons (Fsp3) is 0.124. The van der Waals surface area contributed by atoms with Crippen LogP contribution in [0.5, 0.6) is 0 Å². The van der Waals surface area contributed by atoms with Gasteiger partial charge >= 0.3 is 0 Å². The zero-order valence-electron chi connectivity index (χ0n) is 62.8. The molecular weight excluding hydrogens is 1310 g/mol. The van der Waals surface area contributed by atoms with Gasteiger partial charge in [0.25, 0.3) is 6.71 Å². The number of benzene rings is 17. The summed E-state index contributed by atoms with van der Waals surface area (Å²) in [7, 11) is 0. The van der Waals surface area contributed by atoms with Crippen LogP contribution in [0.25, 0.3) is 132 Å². The molecule has 0 aliphatic carbocycles. The minimum absolute atomic E-state index is 0.0993. The summed E-state index contributed by atoms with van der Waals surface area (Å²) in [5.41, 5.74) is 32.8. The standard InChI is InChI=1S/C105H84BN3/c1-104(2,3)77-63-89(70-31-14-8-15-32-70)80(90(64-77)71-33-16-9-17-34-71)55-57-107-97-53-49-75(69-29-12-7-13-30-69)61-93(97)106-94-62-76(79-51-52-88-86-44-27-40-74-39-26-43-85(101(74)86)87-46-28-45-84(79)102(87)88)50-54-98(94)108(100-60-68(59-99(107)103(100)106)67-109-95-47-24-22-41-82(95)83-42-23-25-48-96(83)109)58-56-81-91(72-35-18-10-19-36-72)65-78(105(4,5)6)66-92(81)73-37-20-11-21-38-73/h7-54,59-66H,55-58,67H2,1-6H3. The molecule has 3 nitrogen and oxygen atoms in total. The van der Waals surface area contributed by atoms with Gasteiger partial charge in [-0.1, -0.05) is 345 Å². The molecule has 2 aliphatic heterocycles. The normalized spacial score (nSPS) is 12.8. The first-order chi connectivity index (χ1) is 53.3. The third kappa shape index (κ3) is 11.2. The van der Waals surface area contributed by atoms with E-state index in [0.29, 0.717) is 13.1 Å². The summed E-state index contributed by atoms with van der Waals surface area (Å²) in [4.78, 5) is 5.54. The van der Waals surface area contributed by atoms with Crippen LogP contribution in [0.2, 0.25) is 0 Å². The number of para-hydroxylation sites is 2. The lowest BCUT2D eigenvalue weighted by Crippen LogP contribution is -2.62. The van der Waals surface area contributed by atoms with Gasteiger partial charge in [0.1, 0.15) is 0 Å². The molecule has 109 heavy (non-hydrogen) atoms. The average molecular weight is 1400 g/mol. The zero-order valence-corrected chi connectivity index (χ0v) is 62.8. The molecule has 0 N–H and O–H groups in total. The lowest BCUT2D eigenvalue weighted by molar-refractivity contribution is 0.590. The van der Waals surface area contributed by atoms with Gasteiger partial charge in [-0.05, 0) is 214 Å². The lowest BCUT2D eigenvalue weighted by Gasteiger charge is -2.45. The van der Waals surface area contributed by atoms with Crippen LogP contribution in [0.3, 0.4) is 0 Å². The average Bonchev–Trinajstić information content (AvgIpc) is 1.01. The number of anilines is 4. The second kappa shape index (κ2) is 26.2. The molecule has 0 saturated carbocycles. The molecule has 17 aromatic carbocycles. The molecule has 1 aromatic heterocycles. The van der Waals surface area contributed by atoms with Gasteiger partial charge in [-0.15, -0.1) is 0 Å². The minimum atomic E-state index is -0.158. The lowest BCUT2D eigenvalue weighted by atomic mass is 9.33. The SMILES string of the molecule is CC(C)(C)c1cc(-c2ccccc2)c(CCN2c3ccc(-c4ccccc4)cc3B3c4cc(-c5ccc6c7cccc8cccc(c9cccc5c96)c87)ccc4N(CCc4c(-c5ccccc5)cc(C(C)(C)C)cc4-c4ccccc4)c4cc(Cn5c6ccccc6c6ccccc65)cc2c43)c(-c2ccccc2)c1. The van der Waals surface area contributed by atoms with Crippen molar-refractivity contribution >= 4 is 111 Å². The van der Waals surface area contributed by atoms with Gasteiger partial charge in [-0.25, -0.2) is 0 Å². The first-order valence-corrected chi connectivity index (χ1v) is 39.0. The van der Waals surface area contributed by atoms with Crippen LogP contribution in [0.4, 0.5) is 22.7 Å². The van der Waals surface area contributed by atoms with Crippen LogP contribution in [0.1, 0.15) is 69.4 Å². The molecule has 0 unspecified atom stereocenters. The zero-order chi connectivity index (χ0) is 73.2. The fourth-order valence-electron chi connectivity index (χ4n) is 18.7. The minimum Gasteiger partial charge on any atom is -0.342 e. The quantitative estimate of drug-likeness (QED) is 0.0611. The van der Waals surface area contributed by atoms with E-state index >= 15 is 0 Å². The van der Waals surface area contributed by atoms with E-state index in [1.54, 1.807) is 0 Å². The van der Waals surface area contributed by atoms with Gasteiger partial charge in [0.15, 0.2) is 0 Å². The number of hydrogen-bond donors (Lipinski definition) is 0. The summed E-state index contributed by atoms with van der Waals surface area (Å²) in [6.45, 7) is 16.1. The topological polar surface area (TPSA) is 11.4 Å². The van der Waals surface area contributed by atoms with E-state index in [4.69, 9.17) is 0 Å². The molecule has 0 radical (unpaired) electrons. The van der Waals surface area contributed by atoms with Crippen LogP contribution >= 0.6 is 0 Å². The molecular formula is C105H84BN3. The highest BCUT2D eigenvalue weighted by Crippen LogP contribution is 2.48. The van der Waals surface area contributed by atoms with Gasteiger partial charge in [-0.2, -0.15) is 0 Å². The number of fused-ring (bicyclic) bond motifs is 9. The Bertz CT molecular complexity index is 6340. The van der Waals surface area contributed by atoms with Gasteiger partial charge in [-0.3, -0.25) is 0 Å². The molecule has 0 atom stereocenters. The maximum atomic E-state index is 2.77. The third-order valence-electron chi connectivity index (χ3n) is 24.0. The van der Waals surface area contributed by atoms with Crippen molar-refractivity contribution in [2.75, 3.05) is 22.9 Å². The van der Waals surface area contributed by atoms with Crippen LogP contribution in [0.15, 0.2) is 340 Å². The summed E-state index contributed by atoms with van der Waals surface area (Å²) in [6, 6.07) is 130. The highest BCUT2D eigenvalue weighted by atomic mass is 15.2. The Labute approximate surface area is 640 Å². The Hall–Kier alpha value is -12.5. The van der Waals surface area contributed by atoms with E-state index < -0.39 is 0 Å². The van der Waals surface area contributed by atoms with Crippen LogP contribution in [0, 0.1) is 0 Å². The van der Waals surface area contributed by atoms with Gasteiger partial charge in [0.05, 0.1) is 0 Å². The summed E-state index contributed by atoms with van der Waals surface area (Å²) in [5.74, 6) is 0. The van der Waals surface area contributed by atoms with Crippen molar-refractivity contribution in [2.24, 2.45) is 0 Å². The molecule has 2 aliphatic rings. The molecule has 0 bridgehead atoms. The Kier molecular flexibility index (Phi) is 15.8. The number of rotatable bonds is 14. The van der Waals surface area contributed by atoms with E-state index in [9.17, 15) is 0 Å². The molecule has 0 spiro atoms. The monoisotopic (exact) mass is 1400 g/mol. The molecule has 0 amide bonds. The van der Waals surface area contributed by atoms with E-state index in [1.807, 2.05) is 0 Å². The predicted octanol–water partition coefficient (Wildman–Crippen LogP) is 25.4. The fourth-order valence-corrected chi connectivity index (χ4v) is 18.7. The Morgan fingerprint density at radius 1 is 0.275 bits per heavy atom. The van der Waals surface area contributed by atoms with Crippen molar-refractivity contribution in [1.29, 1.82) is 0 Å². The van der Waals surface area contributed by atoms with E-state index in [0.717, 1.165) is 19.4 Å². The Balaban J connectivity index is 0.861. The molecule has 18 aromatic rings. The molecule has 4 heteroatoms. The summed E-state index contributed by atoms with van der Waals surface area (Å²) in [6.07, 6.45) is 1.55. The van der Waals surface area contributed by atoms with Crippen molar-refractivity contribution in [1.82, 2.24) is 4.57 Å².